The number of H-pyrrole nitrogens is 1. The molecule has 2 fully saturated rings. The van der Waals surface area contributed by atoms with Gasteiger partial charge in [0.05, 0.1) is 11.7 Å². The average molecular weight is 315 g/mol. The Morgan fingerprint density at radius 2 is 2.26 bits per heavy atom. The fourth-order valence-electron chi connectivity index (χ4n) is 3.89. The van der Waals surface area contributed by atoms with E-state index in [1.165, 1.54) is 0 Å². The molecule has 0 aliphatic carbocycles. The van der Waals surface area contributed by atoms with Gasteiger partial charge >= 0.3 is 0 Å². The third-order valence-corrected chi connectivity index (χ3v) is 5.34. The lowest BCUT2D eigenvalue weighted by atomic mass is 9.71. The van der Waals surface area contributed by atoms with Crippen molar-refractivity contribution in [2.75, 3.05) is 26.3 Å². The normalized spacial score (nSPS) is 24.2. The number of nitrogens with zero attached hydrogens (tertiary/aromatic N) is 2. The lowest BCUT2D eigenvalue weighted by Gasteiger charge is -2.48. The number of fused-ring (bicyclic) bond motifs is 1. The predicted octanol–water partition coefficient (Wildman–Crippen LogP) is 1.57. The third-order valence-electron chi connectivity index (χ3n) is 5.34. The molecule has 0 radical (unpaired) electrons. The summed E-state index contributed by atoms with van der Waals surface area (Å²) in [6, 6.07) is 3.75. The van der Waals surface area contributed by atoms with Crippen molar-refractivity contribution in [3.05, 3.63) is 30.1 Å². The van der Waals surface area contributed by atoms with Crippen LogP contribution in [0.2, 0.25) is 0 Å². The van der Waals surface area contributed by atoms with E-state index in [9.17, 15) is 9.90 Å². The van der Waals surface area contributed by atoms with Crippen molar-refractivity contribution in [1.82, 2.24) is 14.9 Å². The van der Waals surface area contributed by atoms with Crippen molar-refractivity contribution in [1.29, 1.82) is 0 Å². The second kappa shape index (κ2) is 5.62. The van der Waals surface area contributed by atoms with Crippen LogP contribution in [0.3, 0.4) is 0 Å². The molecule has 6 nitrogen and oxygen atoms in total. The maximum Gasteiger partial charge on any atom is 0.256 e. The number of piperidine rings is 1. The van der Waals surface area contributed by atoms with Gasteiger partial charge in [0.25, 0.3) is 5.91 Å². The minimum absolute atomic E-state index is 0.0158. The van der Waals surface area contributed by atoms with Gasteiger partial charge in [-0.1, -0.05) is 0 Å². The van der Waals surface area contributed by atoms with Crippen LogP contribution in [-0.4, -0.2) is 58.3 Å². The molecule has 2 N–H and O–H groups in total. The minimum atomic E-state index is -0.347. The molecule has 1 spiro atoms. The Hall–Kier alpha value is -1.92. The van der Waals surface area contributed by atoms with Crippen molar-refractivity contribution in [2.24, 2.45) is 5.41 Å². The molecule has 1 unspecified atom stereocenters. The van der Waals surface area contributed by atoms with Crippen LogP contribution in [0, 0.1) is 5.41 Å². The van der Waals surface area contributed by atoms with Crippen LogP contribution >= 0.6 is 0 Å². The topological polar surface area (TPSA) is 78.5 Å². The standard InChI is InChI=1S/C17H21N3O3/c21-14-3-7-20(11-17(14)4-8-23-9-5-17)16(22)13-10-19-15-12(13)2-1-6-18-15/h1-2,6,10,14,21H,3-5,7-9,11H2,(H,18,19). The number of carbonyl (C=O) groups is 1. The number of aliphatic hydroxyl groups excluding tert-OH is 1. The largest absolute Gasteiger partial charge is 0.392 e. The number of carbonyl (C=O) groups excluding carboxylic acids is 1. The van der Waals surface area contributed by atoms with E-state index in [-0.39, 0.29) is 17.4 Å². The Labute approximate surface area is 134 Å². The first-order chi connectivity index (χ1) is 11.2. The predicted molar refractivity (Wildman–Crippen MR) is 85.1 cm³/mol. The quantitative estimate of drug-likeness (QED) is 0.837. The zero-order valence-corrected chi connectivity index (χ0v) is 13.0. The smallest absolute Gasteiger partial charge is 0.256 e. The summed E-state index contributed by atoms with van der Waals surface area (Å²) in [7, 11) is 0. The maximum absolute atomic E-state index is 13.0. The van der Waals surface area contributed by atoms with Crippen LogP contribution in [0.1, 0.15) is 29.6 Å². The van der Waals surface area contributed by atoms with Crippen molar-refractivity contribution < 1.29 is 14.6 Å². The van der Waals surface area contributed by atoms with E-state index in [1.807, 2.05) is 17.0 Å². The summed E-state index contributed by atoms with van der Waals surface area (Å²) in [4.78, 5) is 22.2. The van der Waals surface area contributed by atoms with Gasteiger partial charge in [-0.25, -0.2) is 4.98 Å². The summed E-state index contributed by atoms with van der Waals surface area (Å²) < 4.78 is 5.44. The Balaban J connectivity index is 1.61. The molecule has 2 saturated heterocycles. The highest BCUT2D eigenvalue weighted by Gasteiger charge is 2.45. The number of pyridine rings is 1. The Morgan fingerprint density at radius 1 is 1.43 bits per heavy atom. The Kier molecular flexibility index (Phi) is 3.58. The van der Waals surface area contributed by atoms with Gasteiger partial charge < -0.3 is 19.7 Å². The van der Waals surface area contributed by atoms with Crippen LogP contribution in [0.5, 0.6) is 0 Å². The number of ether oxygens (including phenoxy) is 1. The maximum atomic E-state index is 13.0. The van der Waals surface area contributed by atoms with Gasteiger partial charge in [0.15, 0.2) is 0 Å². The molecule has 0 saturated carbocycles. The fourth-order valence-corrected chi connectivity index (χ4v) is 3.89. The molecule has 1 amide bonds. The molecule has 23 heavy (non-hydrogen) atoms. The zero-order valence-electron chi connectivity index (χ0n) is 13.0. The zero-order chi connectivity index (χ0) is 15.9. The number of amides is 1. The number of nitrogens with one attached hydrogen (secondary N) is 1. The average Bonchev–Trinajstić information content (AvgIpc) is 3.02. The summed E-state index contributed by atoms with van der Waals surface area (Å²) >= 11 is 0. The highest BCUT2D eigenvalue weighted by atomic mass is 16.5. The molecular weight excluding hydrogens is 294 g/mol. The van der Waals surface area contributed by atoms with Gasteiger partial charge in [-0.3, -0.25) is 4.79 Å². The monoisotopic (exact) mass is 315 g/mol. The van der Waals surface area contributed by atoms with Gasteiger partial charge in [-0.05, 0) is 31.4 Å². The van der Waals surface area contributed by atoms with E-state index in [4.69, 9.17) is 4.74 Å². The lowest BCUT2D eigenvalue weighted by Crippen LogP contribution is -2.55. The van der Waals surface area contributed by atoms with Crippen LogP contribution in [0.4, 0.5) is 0 Å². The number of aliphatic hydroxyl groups is 1. The van der Waals surface area contributed by atoms with E-state index in [0.717, 1.165) is 23.9 Å². The number of likely N-dealkylation sites (tertiary alicyclic amines) is 1. The highest BCUT2D eigenvalue weighted by molar-refractivity contribution is 6.05. The molecule has 0 bridgehead atoms. The van der Waals surface area contributed by atoms with Gasteiger partial charge in [-0.15, -0.1) is 0 Å². The third kappa shape index (κ3) is 2.42. The second-order valence-corrected chi connectivity index (χ2v) is 6.61. The van der Waals surface area contributed by atoms with E-state index in [0.29, 0.717) is 38.3 Å². The molecule has 1 atom stereocenters. The molecule has 2 aliphatic heterocycles. The Bertz CT molecular complexity index is 721. The van der Waals surface area contributed by atoms with Gasteiger partial charge in [0, 0.05) is 49.5 Å². The van der Waals surface area contributed by atoms with Gasteiger partial charge in [0.2, 0.25) is 0 Å². The summed E-state index contributed by atoms with van der Waals surface area (Å²) in [6.45, 7) is 2.52. The van der Waals surface area contributed by atoms with Gasteiger partial charge in [0.1, 0.15) is 5.65 Å². The second-order valence-electron chi connectivity index (χ2n) is 6.61. The number of rotatable bonds is 1. The van der Waals surface area contributed by atoms with Crippen molar-refractivity contribution in [3.8, 4) is 0 Å². The summed E-state index contributed by atoms with van der Waals surface area (Å²) in [5, 5.41) is 11.3. The van der Waals surface area contributed by atoms with Crippen LogP contribution in [0.15, 0.2) is 24.5 Å². The van der Waals surface area contributed by atoms with Crippen molar-refractivity contribution in [2.45, 2.75) is 25.4 Å². The molecule has 4 heterocycles. The van der Waals surface area contributed by atoms with Crippen LogP contribution in [-0.2, 0) is 4.74 Å². The molecule has 2 aliphatic rings. The van der Waals surface area contributed by atoms with Gasteiger partial charge in [-0.2, -0.15) is 0 Å². The Morgan fingerprint density at radius 3 is 3.09 bits per heavy atom. The van der Waals surface area contributed by atoms with Crippen molar-refractivity contribution >= 4 is 16.9 Å². The van der Waals surface area contributed by atoms with E-state index in [2.05, 4.69) is 9.97 Å². The molecule has 4 rings (SSSR count). The summed E-state index contributed by atoms with van der Waals surface area (Å²) in [5.41, 5.74) is 1.18. The molecule has 0 aromatic carbocycles. The molecular formula is C17H21N3O3. The molecule has 2 aromatic rings. The molecule has 6 heteroatoms. The first-order valence-electron chi connectivity index (χ1n) is 8.17. The first-order valence-corrected chi connectivity index (χ1v) is 8.17. The van der Waals surface area contributed by atoms with Crippen molar-refractivity contribution in [3.63, 3.8) is 0 Å². The fraction of sp³-hybridized carbons (Fsp3) is 0.529. The number of aromatic nitrogens is 2. The first kappa shape index (κ1) is 14.7. The molecule has 2 aromatic heterocycles. The SMILES string of the molecule is O=C(c1c[nH]c2ncccc12)N1CCC(O)C2(CCOCC2)C1. The minimum Gasteiger partial charge on any atom is -0.392 e. The van der Waals surface area contributed by atoms with E-state index >= 15 is 0 Å². The summed E-state index contributed by atoms with van der Waals surface area (Å²) in [6.07, 6.45) is 5.36. The highest BCUT2D eigenvalue weighted by Crippen LogP contribution is 2.40. The summed E-state index contributed by atoms with van der Waals surface area (Å²) in [5.74, 6) is 0.0158. The van der Waals surface area contributed by atoms with Crippen LogP contribution < -0.4 is 0 Å². The number of aromatic amines is 1. The molecule has 122 valence electrons. The van der Waals surface area contributed by atoms with E-state index < -0.39 is 0 Å². The van der Waals surface area contributed by atoms with Crippen LogP contribution in [0.25, 0.3) is 11.0 Å². The number of hydrogen-bond donors (Lipinski definition) is 2. The number of hydrogen-bond acceptors (Lipinski definition) is 4. The lowest BCUT2D eigenvalue weighted by molar-refractivity contribution is -0.0966. The van der Waals surface area contributed by atoms with E-state index in [1.54, 1.807) is 12.4 Å².